The van der Waals surface area contributed by atoms with Crippen LogP contribution in [0.15, 0.2) is 18.3 Å². The number of nitrogens with zero attached hydrogens (tertiary/aromatic N) is 2. The monoisotopic (exact) mass is 293 g/mol. The Morgan fingerprint density at radius 2 is 2.14 bits per heavy atom. The summed E-state index contributed by atoms with van der Waals surface area (Å²) < 4.78 is 1.27. The molecule has 1 aromatic heterocycles. The first-order chi connectivity index (χ1) is 9.93. The van der Waals surface area contributed by atoms with Crippen molar-refractivity contribution in [3.8, 4) is 0 Å². The number of amides is 3. The number of aliphatic carboxylic acids is 1. The highest BCUT2D eigenvalue weighted by molar-refractivity contribution is 6.06. The molecule has 112 valence electrons. The Kier molecular flexibility index (Phi) is 4.06. The predicted octanol–water partition coefficient (Wildman–Crippen LogP) is -0.550. The highest BCUT2D eigenvalue weighted by Crippen LogP contribution is 2.15. The number of rotatable bonds is 4. The van der Waals surface area contributed by atoms with Crippen LogP contribution in [0.1, 0.15) is 23.8 Å². The summed E-state index contributed by atoms with van der Waals surface area (Å²) in [7, 11) is 0. The van der Waals surface area contributed by atoms with Crippen LogP contribution in [-0.2, 0) is 20.9 Å². The third-order valence-corrected chi connectivity index (χ3v) is 3.26. The normalized spacial score (nSPS) is 18.5. The number of carbonyl (C=O) groups excluding carboxylic acids is 3. The second-order valence-electron chi connectivity index (χ2n) is 4.68. The topological polar surface area (TPSA) is 109 Å². The average Bonchev–Trinajstić information content (AvgIpc) is 2.84. The Bertz CT molecular complexity index is 607. The van der Waals surface area contributed by atoms with Gasteiger partial charge in [0.05, 0.1) is 0 Å². The second kappa shape index (κ2) is 5.78. The van der Waals surface area contributed by atoms with Gasteiger partial charge >= 0.3 is 5.97 Å². The molecule has 1 aliphatic heterocycles. The van der Waals surface area contributed by atoms with E-state index in [4.69, 9.17) is 5.11 Å². The van der Waals surface area contributed by atoms with Crippen LogP contribution in [0.2, 0.25) is 0 Å². The molecule has 0 bridgehead atoms. The minimum Gasteiger partial charge on any atom is -0.480 e. The van der Waals surface area contributed by atoms with Gasteiger partial charge in [-0.2, -0.15) is 0 Å². The molecule has 1 aliphatic rings. The summed E-state index contributed by atoms with van der Waals surface area (Å²) in [4.78, 5) is 47.7. The molecule has 8 nitrogen and oxygen atoms in total. The Balaban J connectivity index is 2.29. The van der Waals surface area contributed by atoms with E-state index in [9.17, 15) is 19.2 Å². The maximum atomic E-state index is 12.5. The molecule has 1 fully saturated rings. The molecule has 1 aromatic rings. The van der Waals surface area contributed by atoms with Crippen molar-refractivity contribution < 1.29 is 24.3 Å². The van der Waals surface area contributed by atoms with Crippen molar-refractivity contribution in [2.24, 2.45) is 0 Å². The van der Waals surface area contributed by atoms with Crippen LogP contribution in [0.25, 0.3) is 0 Å². The van der Waals surface area contributed by atoms with E-state index in [1.165, 1.54) is 21.7 Å². The van der Waals surface area contributed by atoms with Gasteiger partial charge in [0.15, 0.2) is 0 Å². The smallest absolute Gasteiger partial charge is 0.323 e. The van der Waals surface area contributed by atoms with Gasteiger partial charge in [0, 0.05) is 6.20 Å². The maximum absolute atomic E-state index is 12.5. The van der Waals surface area contributed by atoms with E-state index in [-0.39, 0.29) is 18.8 Å². The summed E-state index contributed by atoms with van der Waals surface area (Å²) in [6.45, 7) is 1.15. The van der Waals surface area contributed by atoms with Crippen LogP contribution in [-0.4, -0.2) is 50.9 Å². The summed E-state index contributed by atoms with van der Waals surface area (Å²) in [6, 6.07) is 2.28. The van der Waals surface area contributed by atoms with Crippen molar-refractivity contribution in [1.82, 2.24) is 14.8 Å². The van der Waals surface area contributed by atoms with Crippen LogP contribution in [0.3, 0.4) is 0 Å². The van der Waals surface area contributed by atoms with Gasteiger partial charge in [-0.05, 0) is 18.6 Å². The molecule has 0 aromatic carbocycles. The van der Waals surface area contributed by atoms with Crippen LogP contribution in [0.4, 0.5) is 0 Å². The zero-order valence-electron chi connectivity index (χ0n) is 11.4. The van der Waals surface area contributed by atoms with Crippen LogP contribution < -0.4 is 5.32 Å². The zero-order valence-corrected chi connectivity index (χ0v) is 11.4. The van der Waals surface area contributed by atoms with Crippen molar-refractivity contribution >= 4 is 23.7 Å². The van der Waals surface area contributed by atoms with E-state index in [1.807, 2.05) is 0 Å². The molecule has 8 heteroatoms. The van der Waals surface area contributed by atoms with Crippen molar-refractivity contribution in [2.75, 3.05) is 6.54 Å². The number of imide groups is 1. The number of carboxylic acid groups (broad SMARTS) is 1. The molecule has 2 rings (SSSR count). The molecular weight excluding hydrogens is 278 g/mol. The lowest BCUT2D eigenvalue weighted by Gasteiger charge is -2.33. The Morgan fingerprint density at radius 1 is 1.43 bits per heavy atom. The highest BCUT2D eigenvalue weighted by atomic mass is 16.4. The first kappa shape index (κ1) is 14.8. The van der Waals surface area contributed by atoms with Crippen molar-refractivity contribution in [3.05, 3.63) is 24.0 Å². The lowest BCUT2D eigenvalue weighted by atomic mass is 10.1. The first-order valence-corrected chi connectivity index (χ1v) is 6.45. The average molecular weight is 293 g/mol. The summed E-state index contributed by atoms with van der Waals surface area (Å²) in [5, 5.41) is 11.0. The fraction of sp³-hybridized carbons (Fsp3) is 0.385. The molecule has 1 saturated heterocycles. The molecule has 0 spiro atoms. The van der Waals surface area contributed by atoms with E-state index in [2.05, 4.69) is 5.32 Å². The maximum Gasteiger partial charge on any atom is 0.323 e. The Morgan fingerprint density at radius 3 is 2.76 bits per heavy atom. The Labute approximate surface area is 120 Å². The van der Waals surface area contributed by atoms with Crippen molar-refractivity contribution in [1.29, 1.82) is 0 Å². The largest absolute Gasteiger partial charge is 0.480 e. The molecule has 0 aliphatic carbocycles. The van der Waals surface area contributed by atoms with Gasteiger partial charge in [-0.25, -0.2) is 0 Å². The molecule has 0 radical (unpaired) electrons. The van der Waals surface area contributed by atoms with Gasteiger partial charge in [0.2, 0.25) is 11.8 Å². The number of carboxylic acids is 1. The number of nitrogens with one attached hydrogen (secondary N) is 1. The number of hydrogen-bond donors (Lipinski definition) is 2. The third-order valence-electron chi connectivity index (χ3n) is 3.26. The Hall–Kier alpha value is -2.64. The van der Waals surface area contributed by atoms with Crippen molar-refractivity contribution in [2.45, 2.75) is 25.9 Å². The van der Waals surface area contributed by atoms with Gasteiger partial charge < -0.3 is 14.6 Å². The summed E-state index contributed by atoms with van der Waals surface area (Å²) in [5.41, 5.74) is 0.137. The van der Waals surface area contributed by atoms with E-state index in [0.29, 0.717) is 6.42 Å². The lowest BCUT2D eigenvalue weighted by Crippen LogP contribution is -2.59. The molecule has 1 atom stereocenters. The summed E-state index contributed by atoms with van der Waals surface area (Å²) in [6.07, 6.45) is 1.83. The standard InChI is InChI=1S/C13H15N3O5/c1-2-8-12(20)14-10(17)6-16(8)13(21)9-4-3-5-15(9)7-11(18)19/h3-5,8H,2,6-7H2,1H3,(H,18,19)(H,14,17,20). The molecule has 2 N–H and O–H groups in total. The van der Waals surface area contributed by atoms with Gasteiger partial charge in [-0.1, -0.05) is 6.92 Å². The summed E-state index contributed by atoms with van der Waals surface area (Å²) in [5.74, 6) is -2.68. The van der Waals surface area contributed by atoms with E-state index < -0.39 is 29.7 Å². The van der Waals surface area contributed by atoms with Gasteiger partial charge in [0.1, 0.15) is 24.8 Å². The highest BCUT2D eigenvalue weighted by Gasteiger charge is 2.36. The lowest BCUT2D eigenvalue weighted by molar-refractivity contribution is -0.139. The van der Waals surface area contributed by atoms with E-state index in [1.54, 1.807) is 13.0 Å². The summed E-state index contributed by atoms with van der Waals surface area (Å²) >= 11 is 0. The SMILES string of the molecule is CCC1C(=O)NC(=O)CN1C(=O)c1cccn1CC(=O)O. The van der Waals surface area contributed by atoms with Crippen molar-refractivity contribution in [3.63, 3.8) is 0 Å². The minimum atomic E-state index is -1.08. The minimum absolute atomic E-state index is 0.137. The molecule has 3 amide bonds. The molecule has 21 heavy (non-hydrogen) atoms. The quantitative estimate of drug-likeness (QED) is 0.724. The first-order valence-electron chi connectivity index (χ1n) is 6.45. The van der Waals surface area contributed by atoms with Gasteiger partial charge in [0.25, 0.3) is 5.91 Å². The van der Waals surface area contributed by atoms with Crippen LogP contribution in [0.5, 0.6) is 0 Å². The number of aromatic nitrogens is 1. The third kappa shape index (κ3) is 2.93. The number of hydrogen-bond acceptors (Lipinski definition) is 4. The fourth-order valence-corrected chi connectivity index (χ4v) is 2.32. The number of carbonyl (C=O) groups is 4. The molecular formula is C13H15N3O5. The molecule has 2 heterocycles. The molecule has 0 saturated carbocycles. The molecule has 1 unspecified atom stereocenters. The van der Waals surface area contributed by atoms with E-state index in [0.717, 1.165) is 0 Å². The van der Waals surface area contributed by atoms with E-state index >= 15 is 0 Å². The second-order valence-corrected chi connectivity index (χ2v) is 4.68. The van der Waals surface area contributed by atoms with Gasteiger partial charge in [-0.15, -0.1) is 0 Å². The predicted molar refractivity (Wildman–Crippen MR) is 70.3 cm³/mol. The number of piperazine rings is 1. The van der Waals surface area contributed by atoms with Crippen LogP contribution >= 0.6 is 0 Å². The zero-order chi connectivity index (χ0) is 15.6. The van der Waals surface area contributed by atoms with Gasteiger partial charge in [-0.3, -0.25) is 24.5 Å². The van der Waals surface area contributed by atoms with Crippen LogP contribution in [0, 0.1) is 0 Å². The fourth-order valence-electron chi connectivity index (χ4n) is 2.32.